The molecule has 0 spiro atoms. The fourth-order valence-corrected chi connectivity index (χ4v) is 2.13. The van der Waals surface area contributed by atoms with Gasteiger partial charge in [-0.25, -0.2) is 4.79 Å². The molecule has 0 aliphatic rings. The van der Waals surface area contributed by atoms with Gasteiger partial charge in [0.25, 0.3) is 5.91 Å². The number of benzene rings is 1. The summed E-state index contributed by atoms with van der Waals surface area (Å²) in [5.41, 5.74) is 0.425. The molecule has 0 bridgehead atoms. The van der Waals surface area contributed by atoms with Gasteiger partial charge < -0.3 is 15.2 Å². The third-order valence-corrected chi connectivity index (χ3v) is 3.45. The lowest BCUT2D eigenvalue weighted by Gasteiger charge is -2.14. The van der Waals surface area contributed by atoms with Crippen LogP contribution in [0.1, 0.15) is 30.1 Å². The van der Waals surface area contributed by atoms with Gasteiger partial charge in [-0.15, -0.1) is 0 Å². The van der Waals surface area contributed by atoms with Crippen molar-refractivity contribution in [3.8, 4) is 5.75 Å². The third-order valence-electron chi connectivity index (χ3n) is 2.80. The van der Waals surface area contributed by atoms with E-state index in [-0.39, 0.29) is 5.91 Å². The topological polar surface area (TPSA) is 75.6 Å². The number of aliphatic carboxylic acids is 1. The molecule has 1 aromatic carbocycles. The van der Waals surface area contributed by atoms with E-state index in [1.54, 1.807) is 36.0 Å². The number of hydrogen-bond acceptors (Lipinski definition) is 4. The van der Waals surface area contributed by atoms with Crippen LogP contribution < -0.4 is 10.1 Å². The second-order valence-corrected chi connectivity index (χ2v) is 5.50. The molecule has 0 heterocycles. The van der Waals surface area contributed by atoms with E-state index in [1.165, 1.54) is 0 Å². The monoisotopic (exact) mass is 311 g/mol. The second kappa shape index (κ2) is 9.28. The zero-order valence-corrected chi connectivity index (χ0v) is 13.1. The summed E-state index contributed by atoms with van der Waals surface area (Å²) < 4.78 is 5.43. The first-order valence-electron chi connectivity index (χ1n) is 6.84. The van der Waals surface area contributed by atoms with E-state index < -0.39 is 12.0 Å². The molecule has 1 amide bonds. The van der Waals surface area contributed by atoms with Crippen molar-refractivity contribution in [2.75, 3.05) is 18.6 Å². The number of carbonyl (C=O) groups excluding carboxylic acids is 1. The predicted molar refractivity (Wildman–Crippen MR) is 84.1 cm³/mol. The first-order chi connectivity index (χ1) is 10.1. The van der Waals surface area contributed by atoms with E-state index in [2.05, 4.69) is 5.32 Å². The summed E-state index contributed by atoms with van der Waals surface area (Å²) >= 11 is 1.55. The van der Waals surface area contributed by atoms with Crippen LogP contribution in [0.3, 0.4) is 0 Å². The molecule has 0 aromatic heterocycles. The van der Waals surface area contributed by atoms with E-state index in [0.29, 0.717) is 30.1 Å². The average Bonchev–Trinajstić information content (AvgIpc) is 2.49. The second-order valence-electron chi connectivity index (χ2n) is 4.52. The zero-order chi connectivity index (χ0) is 15.7. The number of amides is 1. The molecule has 1 atom stereocenters. The highest BCUT2D eigenvalue weighted by molar-refractivity contribution is 7.98. The number of carboxylic acids is 1. The number of nitrogens with one attached hydrogen (secondary N) is 1. The molecule has 2 N–H and O–H groups in total. The minimum atomic E-state index is -1.01. The number of ether oxygens (including phenoxy) is 1. The Hall–Kier alpha value is -1.69. The molecule has 6 heteroatoms. The Bertz CT molecular complexity index is 461. The number of carboxylic acid groups (broad SMARTS) is 1. The molecule has 0 aliphatic carbocycles. The van der Waals surface area contributed by atoms with Gasteiger partial charge in [0.05, 0.1) is 6.61 Å². The van der Waals surface area contributed by atoms with Crippen LogP contribution >= 0.6 is 11.8 Å². The van der Waals surface area contributed by atoms with E-state index in [4.69, 9.17) is 9.84 Å². The lowest BCUT2D eigenvalue weighted by atomic mass is 10.1. The van der Waals surface area contributed by atoms with Crippen molar-refractivity contribution >= 4 is 23.6 Å². The van der Waals surface area contributed by atoms with Crippen molar-refractivity contribution in [2.45, 2.75) is 25.8 Å². The summed E-state index contributed by atoms with van der Waals surface area (Å²) in [5.74, 6) is -0.0162. The van der Waals surface area contributed by atoms with Gasteiger partial charge in [-0.2, -0.15) is 11.8 Å². The maximum absolute atomic E-state index is 12.0. The largest absolute Gasteiger partial charge is 0.494 e. The number of thioether (sulfide) groups is 1. The molecule has 5 nitrogen and oxygen atoms in total. The molecule has 1 rings (SSSR count). The fraction of sp³-hybridized carbons (Fsp3) is 0.467. The van der Waals surface area contributed by atoms with E-state index in [1.807, 2.05) is 13.2 Å². The van der Waals surface area contributed by atoms with Crippen LogP contribution in [0.4, 0.5) is 0 Å². The van der Waals surface area contributed by atoms with Crippen LogP contribution in [0.5, 0.6) is 5.75 Å². The summed E-state index contributed by atoms with van der Waals surface area (Å²) in [6.45, 7) is 2.64. The van der Waals surface area contributed by atoms with Crippen LogP contribution in [0.15, 0.2) is 24.3 Å². The van der Waals surface area contributed by atoms with E-state index in [0.717, 1.165) is 6.42 Å². The van der Waals surface area contributed by atoms with Crippen LogP contribution in [-0.4, -0.2) is 41.6 Å². The molecule has 0 unspecified atom stereocenters. The Morgan fingerprint density at radius 1 is 1.33 bits per heavy atom. The molecule has 0 radical (unpaired) electrons. The average molecular weight is 311 g/mol. The molecule has 0 saturated carbocycles. The number of rotatable bonds is 9. The summed E-state index contributed by atoms with van der Waals surface area (Å²) in [4.78, 5) is 23.1. The summed E-state index contributed by atoms with van der Waals surface area (Å²) in [5, 5.41) is 11.6. The Morgan fingerprint density at radius 2 is 2.00 bits per heavy atom. The third kappa shape index (κ3) is 6.08. The first-order valence-corrected chi connectivity index (χ1v) is 8.23. The lowest BCUT2D eigenvalue weighted by Crippen LogP contribution is -2.41. The smallest absolute Gasteiger partial charge is 0.326 e. The Morgan fingerprint density at radius 3 is 2.52 bits per heavy atom. The SMILES string of the molecule is CCCOc1ccc(C(=O)N[C@H](CCSC)C(=O)O)cc1. The van der Waals surface area contributed by atoms with Gasteiger partial charge in [-0.3, -0.25) is 4.79 Å². The van der Waals surface area contributed by atoms with Crippen LogP contribution in [-0.2, 0) is 4.79 Å². The number of hydrogen-bond donors (Lipinski definition) is 2. The Kier molecular flexibility index (Phi) is 7.68. The zero-order valence-electron chi connectivity index (χ0n) is 12.3. The standard InChI is InChI=1S/C15H21NO4S/c1-3-9-20-12-6-4-11(5-7-12)14(17)16-13(15(18)19)8-10-21-2/h4-7,13H,3,8-10H2,1-2H3,(H,16,17)(H,18,19)/t13-/m1/s1. The van der Waals surface area contributed by atoms with Crippen molar-refractivity contribution in [2.24, 2.45) is 0 Å². The van der Waals surface area contributed by atoms with Gasteiger partial charge in [0.2, 0.25) is 0 Å². The van der Waals surface area contributed by atoms with Gasteiger partial charge in [-0.05, 0) is 49.1 Å². The molecule has 0 aliphatic heterocycles. The van der Waals surface area contributed by atoms with Gasteiger partial charge in [0.15, 0.2) is 0 Å². The molecule has 0 fully saturated rings. The Balaban J connectivity index is 2.62. The van der Waals surface area contributed by atoms with E-state index >= 15 is 0 Å². The molecule has 0 saturated heterocycles. The predicted octanol–water partition coefficient (Wildman–Crippen LogP) is 2.41. The highest BCUT2D eigenvalue weighted by Gasteiger charge is 2.20. The Labute approximate surface area is 129 Å². The van der Waals surface area contributed by atoms with Crippen LogP contribution in [0.2, 0.25) is 0 Å². The molecule has 21 heavy (non-hydrogen) atoms. The maximum atomic E-state index is 12.0. The van der Waals surface area contributed by atoms with Crippen molar-refractivity contribution in [3.63, 3.8) is 0 Å². The molecule has 1 aromatic rings. The van der Waals surface area contributed by atoms with Gasteiger partial charge in [-0.1, -0.05) is 6.92 Å². The van der Waals surface area contributed by atoms with Crippen molar-refractivity contribution < 1.29 is 19.4 Å². The fourth-order valence-electron chi connectivity index (χ4n) is 1.66. The molecule has 116 valence electrons. The number of carbonyl (C=O) groups is 2. The summed E-state index contributed by atoms with van der Waals surface area (Å²) in [6, 6.07) is 5.83. The highest BCUT2D eigenvalue weighted by Crippen LogP contribution is 2.13. The van der Waals surface area contributed by atoms with Crippen LogP contribution in [0.25, 0.3) is 0 Å². The molecular weight excluding hydrogens is 290 g/mol. The highest BCUT2D eigenvalue weighted by atomic mass is 32.2. The minimum absolute atomic E-state index is 0.384. The lowest BCUT2D eigenvalue weighted by molar-refractivity contribution is -0.139. The van der Waals surface area contributed by atoms with Crippen LogP contribution in [0, 0.1) is 0 Å². The minimum Gasteiger partial charge on any atom is -0.494 e. The van der Waals surface area contributed by atoms with Gasteiger partial charge >= 0.3 is 5.97 Å². The maximum Gasteiger partial charge on any atom is 0.326 e. The van der Waals surface area contributed by atoms with Gasteiger partial charge in [0, 0.05) is 5.56 Å². The van der Waals surface area contributed by atoms with Crippen molar-refractivity contribution in [1.82, 2.24) is 5.32 Å². The first kappa shape index (κ1) is 17.4. The van der Waals surface area contributed by atoms with Crippen molar-refractivity contribution in [3.05, 3.63) is 29.8 Å². The quantitative estimate of drug-likeness (QED) is 0.732. The van der Waals surface area contributed by atoms with Crippen molar-refractivity contribution in [1.29, 1.82) is 0 Å². The normalized spacial score (nSPS) is 11.7. The molecular formula is C15H21NO4S. The van der Waals surface area contributed by atoms with E-state index in [9.17, 15) is 9.59 Å². The van der Waals surface area contributed by atoms with Gasteiger partial charge in [0.1, 0.15) is 11.8 Å². The summed E-state index contributed by atoms with van der Waals surface area (Å²) in [7, 11) is 0. The summed E-state index contributed by atoms with van der Waals surface area (Å²) in [6.07, 6.45) is 3.22.